The zero-order valence-corrected chi connectivity index (χ0v) is 40.4. The Kier molecular flexibility index (Phi) is 8.16. The molecule has 12 rings (SSSR count). The highest BCUT2D eigenvalue weighted by Gasteiger charge is 2.44. The van der Waals surface area contributed by atoms with Crippen LogP contribution in [-0.4, -0.2) is 11.8 Å². The summed E-state index contributed by atoms with van der Waals surface area (Å²) in [5.41, 5.74) is 24.4. The van der Waals surface area contributed by atoms with Gasteiger partial charge in [0.2, 0.25) is 0 Å². The number of hydrogen-bond donors (Lipinski definition) is 1. The van der Waals surface area contributed by atoms with Crippen LogP contribution in [0.3, 0.4) is 0 Å². The summed E-state index contributed by atoms with van der Waals surface area (Å²) in [5.74, 6) is 0. The number of nitrogens with one attached hydrogen (secondary N) is 1. The number of fused-ring (bicyclic) bond motifs is 13. The van der Waals surface area contributed by atoms with Crippen molar-refractivity contribution >= 4 is 73.3 Å². The molecule has 7 aromatic carbocycles. The molecule has 4 heteroatoms. The molecule has 1 N–H and O–H groups in total. The van der Waals surface area contributed by atoms with Gasteiger partial charge in [-0.3, -0.25) is 0 Å². The first-order chi connectivity index (χ1) is 30.7. The molecule has 0 fully saturated rings. The van der Waals surface area contributed by atoms with E-state index in [9.17, 15) is 0 Å². The van der Waals surface area contributed by atoms with Crippen LogP contribution in [0, 0.1) is 0 Å². The molecule has 0 spiro atoms. The molecule has 3 nitrogen and oxygen atoms in total. The number of aromatic nitrogens is 1. The Bertz CT molecular complexity index is 3520. The van der Waals surface area contributed by atoms with Gasteiger partial charge in [0.1, 0.15) is 11.2 Å². The van der Waals surface area contributed by atoms with Gasteiger partial charge < -0.3 is 14.3 Å². The largest absolute Gasteiger partial charge is 0.456 e. The third-order valence-corrected chi connectivity index (χ3v) is 16.1. The second-order valence-electron chi connectivity index (χ2n) is 23.7. The Balaban J connectivity index is 1.27. The van der Waals surface area contributed by atoms with Crippen molar-refractivity contribution in [1.29, 1.82) is 0 Å². The van der Waals surface area contributed by atoms with Gasteiger partial charge >= 0.3 is 0 Å². The van der Waals surface area contributed by atoms with E-state index in [4.69, 9.17) is 4.42 Å². The zero-order chi connectivity index (χ0) is 45.3. The lowest BCUT2D eigenvalue weighted by molar-refractivity contribution is 0.332. The third kappa shape index (κ3) is 5.74. The maximum absolute atomic E-state index is 6.66. The maximum atomic E-state index is 6.66. The fraction of sp³-hybridized carbons (Fsp3) is 0.311. The van der Waals surface area contributed by atoms with E-state index >= 15 is 0 Å². The van der Waals surface area contributed by atoms with Crippen LogP contribution in [0.25, 0.3) is 71.7 Å². The van der Waals surface area contributed by atoms with E-state index in [2.05, 4.69) is 208 Å². The first kappa shape index (κ1) is 40.5. The van der Waals surface area contributed by atoms with E-state index < -0.39 is 0 Å². The van der Waals surface area contributed by atoms with Crippen LogP contribution >= 0.6 is 0 Å². The summed E-state index contributed by atoms with van der Waals surface area (Å²) in [6.45, 7) is 28.7. The summed E-state index contributed by atoms with van der Waals surface area (Å²) in [5, 5.41) is 9.19. The molecule has 9 aromatic rings. The maximum Gasteiger partial charge on any atom is 0.198 e. The first-order valence-corrected chi connectivity index (χ1v) is 24.0. The van der Waals surface area contributed by atoms with Crippen molar-refractivity contribution < 1.29 is 4.42 Å². The summed E-state index contributed by atoms with van der Waals surface area (Å²) >= 11 is 0. The molecular formula is C61H61BN2O. The summed E-state index contributed by atoms with van der Waals surface area (Å²) in [7, 11) is 0.790. The van der Waals surface area contributed by atoms with E-state index in [0.717, 1.165) is 42.4 Å². The molecule has 65 heavy (non-hydrogen) atoms. The van der Waals surface area contributed by atoms with E-state index in [1.54, 1.807) is 0 Å². The first-order valence-electron chi connectivity index (χ1n) is 24.0. The number of hydrogen-bond acceptors (Lipinski definition) is 2. The molecule has 0 amide bonds. The average molecular weight is 849 g/mol. The third-order valence-electron chi connectivity index (χ3n) is 16.1. The minimum atomic E-state index is -0.257. The number of nitrogens with zero attached hydrogens (tertiary/aromatic N) is 1. The van der Waals surface area contributed by atoms with Crippen LogP contribution < -0.4 is 16.2 Å². The Morgan fingerprint density at radius 1 is 0.585 bits per heavy atom. The van der Waals surface area contributed by atoms with Gasteiger partial charge in [-0.2, -0.15) is 0 Å². The fourth-order valence-electron chi connectivity index (χ4n) is 12.3. The van der Waals surface area contributed by atoms with Crippen molar-refractivity contribution in [1.82, 2.24) is 4.57 Å². The molecule has 3 heterocycles. The molecule has 3 aliphatic rings. The van der Waals surface area contributed by atoms with E-state index in [1.165, 1.54) is 105 Å². The molecule has 0 saturated carbocycles. The number of para-hydroxylation sites is 1. The van der Waals surface area contributed by atoms with Gasteiger partial charge in [-0.15, -0.1) is 0 Å². The zero-order valence-electron chi connectivity index (χ0n) is 40.4. The molecule has 0 bridgehead atoms. The number of rotatable bonds is 3. The number of anilines is 2. The van der Waals surface area contributed by atoms with Gasteiger partial charge in [-0.05, 0) is 145 Å². The highest BCUT2D eigenvalue weighted by Crippen LogP contribution is 2.58. The lowest BCUT2D eigenvalue weighted by Gasteiger charge is -2.42. The second-order valence-corrected chi connectivity index (χ2v) is 23.7. The van der Waals surface area contributed by atoms with Crippen molar-refractivity contribution in [2.45, 2.75) is 123 Å². The van der Waals surface area contributed by atoms with Gasteiger partial charge in [-0.25, -0.2) is 0 Å². The quantitative estimate of drug-likeness (QED) is 0.180. The number of furan rings is 1. The molecule has 2 aliphatic carbocycles. The van der Waals surface area contributed by atoms with Crippen molar-refractivity contribution in [2.24, 2.45) is 0 Å². The normalized spacial score (nSPS) is 16.7. The highest BCUT2D eigenvalue weighted by atomic mass is 16.3. The topological polar surface area (TPSA) is 30.1 Å². The Morgan fingerprint density at radius 2 is 1.25 bits per heavy atom. The van der Waals surface area contributed by atoms with Crippen molar-refractivity contribution in [2.75, 3.05) is 5.32 Å². The minimum Gasteiger partial charge on any atom is -0.456 e. The van der Waals surface area contributed by atoms with Crippen LogP contribution in [0.4, 0.5) is 11.4 Å². The van der Waals surface area contributed by atoms with Gasteiger partial charge in [0.15, 0.2) is 7.28 Å². The molecule has 2 aromatic heterocycles. The second kappa shape index (κ2) is 13.1. The van der Waals surface area contributed by atoms with E-state index in [0.29, 0.717) is 0 Å². The van der Waals surface area contributed by atoms with Crippen molar-refractivity contribution in [3.8, 4) is 27.9 Å². The molecule has 0 saturated heterocycles. The van der Waals surface area contributed by atoms with Gasteiger partial charge in [0.25, 0.3) is 0 Å². The number of benzene rings is 7. The van der Waals surface area contributed by atoms with Gasteiger partial charge in [0.05, 0.1) is 5.52 Å². The van der Waals surface area contributed by atoms with Crippen LogP contribution in [0.2, 0.25) is 0 Å². The monoisotopic (exact) mass is 848 g/mol. The summed E-state index contributed by atoms with van der Waals surface area (Å²) in [4.78, 5) is 0. The molecular weight excluding hydrogens is 787 g/mol. The van der Waals surface area contributed by atoms with E-state index in [1.807, 2.05) is 0 Å². The minimum absolute atomic E-state index is 0.0115. The van der Waals surface area contributed by atoms with Crippen LogP contribution in [0.5, 0.6) is 0 Å². The van der Waals surface area contributed by atoms with Gasteiger partial charge in [0, 0.05) is 55.1 Å². The Hall–Kier alpha value is -6.00. The van der Waals surface area contributed by atoms with Gasteiger partial charge in [-0.1, -0.05) is 149 Å². The average Bonchev–Trinajstić information content (AvgIpc) is 3.87. The molecule has 0 radical (unpaired) electrons. The summed E-state index contributed by atoms with van der Waals surface area (Å²) < 4.78 is 9.32. The van der Waals surface area contributed by atoms with Crippen LogP contribution in [-0.2, 0) is 27.1 Å². The predicted molar refractivity (Wildman–Crippen MR) is 280 cm³/mol. The van der Waals surface area contributed by atoms with Crippen molar-refractivity contribution in [3.63, 3.8) is 0 Å². The molecule has 0 atom stereocenters. The molecule has 1 aliphatic heterocycles. The summed E-state index contributed by atoms with van der Waals surface area (Å²) in [6, 6.07) is 44.3. The van der Waals surface area contributed by atoms with Crippen LogP contribution in [0.15, 0.2) is 120 Å². The fourth-order valence-corrected chi connectivity index (χ4v) is 12.3. The van der Waals surface area contributed by atoms with Crippen molar-refractivity contribution in [3.05, 3.63) is 149 Å². The lowest BCUT2D eigenvalue weighted by atomic mass is 9.57. The predicted octanol–water partition coefficient (Wildman–Crippen LogP) is 15.0. The Labute approximate surface area is 385 Å². The molecule has 0 unspecified atom stereocenters. The standard InChI is InChI=1S/C61H61BN2O/c1-57(2,3)34-21-24-36(25-22-34)63-46-32-44-43(59(7,8)27-28-60(44,9)10)30-40(46)52-51-38-18-13-15-19-42(38)61(11,12)54(51)53-41-29-35(58(4,5)6)23-26-47(41)64-48-31-39-37-17-14-16-20-49(37)65-50(39)33-45(48)62-55(52)56(53)64/h13-26,29-33,62-63H,27-28H2,1-12H3. The van der Waals surface area contributed by atoms with E-state index in [-0.39, 0.29) is 27.1 Å². The Morgan fingerprint density at radius 3 is 1.97 bits per heavy atom. The SMILES string of the molecule is CC(C)(C)c1ccc(Nc2cc3c(cc2-c2c4c(c5c6cc(C(C)(C)C)ccc6n6c5c2Bc2cc5oc7ccccc7c5cc2-6)C(C)(C)c2ccccc2-4)C(C)(C)CCC3(C)C)cc1. The summed E-state index contributed by atoms with van der Waals surface area (Å²) in [6.07, 6.45) is 2.31. The smallest absolute Gasteiger partial charge is 0.198 e. The highest BCUT2D eigenvalue weighted by molar-refractivity contribution is 6.74. The van der Waals surface area contributed by atoms with Crippen LogP contribution in [0.1, 0.15) is 129 Å². The molecule has 324 valence electrons. The lowest BCUT2D eigenvalue weighted by Crippen LogP contribution is -2.38.